The Bertz CT molecular complexity index is 517. The van der Waals surface area contributed by atoms with Gasteiger partial charge in [-0.1, -0.05) is 6.07 Å². The Hall–Kier alpha value is -1.95. The fourth-order valence-electron chi connectivity index (χ4n) is 1.91. The first-order chi connectivity index (χ1) is 10.0. The van der Waals surface area contributed by atoms with Crippen LogP contribution in [0, 0.1) is 5.82 Å². The lowest BCUT2D eigenvalue weighted by atomic mass is 10.3. The van der Waals surface area contributed by atoms with Gasteiger partial charge in [0, 0.05) is 24.7 Å². The average molecular weight is 293 g/mol. The number of carbonyl (C=O) groups is 2. The molecule has 2 amide bonds. The van der Waals surface area contributed by atoms with Crippen LogP contribution in [0.5, 0.6) is 0 Å². The van der Waals surface area contributed by atoms with E-state index in [-0.39, 0.29) is 30.6 Å². The maximum atomic E-state index is 13.0. The molecule has 114 valence electrons. The highest BCUT2D eigenvalue weighted by molar-refractivity contribution is 5.90. The van der Waals surface area contributed by atoms with Crippen LogP contribution < -0.4 is 10.6 Å². The van der Waals surface area contributed by atoms with Gasteiger partial charge in [0.2, 0.25) is 11.8 Å². The molecule has 2 N–H and O–H groups in total. The molecule has 0 saturated heterocycles. The second-order valence-corrected chi connectivity index (χ2v) is 5.39. The molecule has 21 heavy (non-hydrogen) atoms. The van der Waals surface area contributed by atoms with E-state index in [0.29, 0.717) is 18.3 Å². The van der Waals surface area contributed by atoms with Crippen LogP contribution in [0.25, 0.3) is 0 Å². The Morgan fingerprint density at radius 1 is 1.33 bits per heavy atom. The number of rotatable bonds is 7. The highest BCUT2D eigenvalue weighted by Gasteiger charge is 2.23. The summed E-state index contributed by atoms with van der Waals surface area (Å²) in [4.78, 5) is 25.1. The lowest BCUT2D eigenvalue weighted by Gasteiger charge is -2.15. The molecule has 1 aromatic carbocycles. The quantitative estimate of drug-likeness (QED) is 0.798. The molecule has 1 saturated carbocycles. The molecule has 6 heteroatoms. The number of benzene rings is 1. The van der Waals surface area contributed by atoms with Crippen molar-refractivity contribution >= 4 is 17.5 Å². The predicted octanol–water partition coefficient (Wildman–Crippen LogP) is 1.36. The van der Waals surface area contributed by atoms with Crippen LogP contribution in [0.2, 0.25) is 0 Å². The first-order valence-corrected chi connectivity index (χ1v) is 7.06. The van der Waals surface area contributed by atoms with E-state index in [1.807, 2.05) is 0 Å². The second-order valence-electron chi connectivity index (χ2n) is 5.39. The fraction of sp³-hybridized carbons (Fsp3) is 0.467. The summed E-state index contributed by atoms with van der Waals surface area (Å²) in [5.41, 5.74) is 0.439. The van der Waals surface area contributed by atoms with Crippen LogP contribution in [0.15, 0.2) is 24.3 Å². The summed E-state index contributed by atoms with van der Waals surface area (Å²) in [7, 11) is 1.79. The van der Waals surface area contributed by atoms with Gasteiger partial charge in [-0.2, -0.15) is 0 Å². The standard InChI is InChI=1S/C15H20FN3O2/c1-19(10-15(21)17-12-5-6-12)8-7-14(20)18-13-4-2-3-11(16)9-13/h2-4,9,12H,5-8,10H2,1H3,(H,17,21)(H,18,20). The maximum Gasteiger partial charge on any atom is 0.234 e. The monoisotopic (exact) mass is 293 g/mol. The van der Waals surface area contributed by atoms with Crippen LogP contribution in [0.3, 0.4) is 0 Å². The number of hydrogen-bond donors (Lipinski definition) is 2. The third-order valence-corrected chi connectivity index (χ3v) is 3.18. The van der Waals surface area contributed by atoms with E-state index in [2.05, 4.69) is 10.6 Å². The van der Waals surface area contributed by atoms with E-state index >= 15 is 0 Å². The van der Waals surface area contributed by atoms with Gasteiger partial charge in [0.15, 0.2) is 0 Å². The van der Waals surface area contributed by atoms with Gasteiger partial charge in [0.05, 0.1) is 6.54 Å². The number of halogens is 1. The number of anilines is 1. The van der Waals surface area contributed by atoms with Gasteiger partial charge in [-0.05, 0) is 38.1 Å². The molecule has 0 atom stereocenters. The van der Waals surface area contributed by atoms with Gasteiger partial charge in [0.1, 0.15) is 5.82 Å². The van der Waals surface area contributed by atoms with Crippen molar-refractivity contribution in [3.8, 4) is 0 Å². The average Bonchev–Trinajstić information content (AvgIpc) is 3.20. The first kappa shape index (κ1) is 15.4. The van der Waals surface area contributed by atoms with E-state index < -0.39 is 0 Å². The minimum absolute atomic E-state index is 0.00876. The molecule has 0 aliphatic heterocycles. The van der Waals surface area contributed by atoms with Crippen molar-refractivity contribution < 1.29 is 14.0 Å². The molecule has 5 nitrogen and oxygen atoms in total. The molecule has 0 spiro atoms. The van der Waals surface area contributed by atoms with Crippen molar-refractivity contribution in [1.82, 2.24) is 10.2 Å². The maximum absolute atomic E-state index is 13.0. The number of carbonyl (C=O) groups excluding carboxylic acids is 2. The Balaban J connectivity index is 1.66. The van der Waals surface area contributed by atoms with E-state index in [0.717, 1.165) is 12.8 Å². The molecule has 1 fully saturated rings. The molecule has 2 rings (SSSR count). The highest BCUT2D eigenvalue weighted by atomic mass is 19.1. The van der Waals surface area contributed by atoms with Gasteiger partial charge in [-0.3, -0.25) is 14.5 Å². The SMILES string of the molecule is CN(CCC(=O)Nc1cccc(F)c1)CC(=O)NC1CC1. The fourth-order valence-corrected chi connectivity index (χ4v) is 1.91. The molecule has 0 radical (unpaired) electrons. The molecule has 1 aliphatic rings. The van der Waals surface area contributed by atoms with Gasteiger partial charge < -0.3 is 10.6 Å². The minimum Gasteiger partial charge on any atom is -0.352 e. The Morgan fingerprint density at radius 2 is 2.10 bits per heavy atom. The van der Waals surface area contributed by atoms with E-state index in [4.69, 9.17) is 0 Å². The lowest BCUT2D eigenvalue weighted by molar-refractivity contribution is -0.123. The lowest BCUT2D eigenvalue weighted by Crippen LogP contribution is -2.37. The highest BCUT2D eigenvalue weighted by Crippen LogP contribution is 2.18. The number of hydrogen-bond acceptors (Lipinski definition) is 3. The molecule has 0 unspecified atom stereocenters. The third-order valence-electron chi connectivity index (χ3n) is 3.18. The normalized spacial score (nSPS) is 14.0. The largest absolute Gasteiger partial charge is 0.352 e. The van der Waals surface area contributed by atoms with Crippen molar-refractivity contribution in [2.75, 3.05) is 25.5 Å². The summed E-state index contributed by atoms with van der Waals surface area (Å²) >= 11 is 0. The summed E-state index contributed by atoms with van der Waals surface area (Å²) in [6, 6.07) is 6.11. The summed E-state index contributed by atoms with van der Waals surface area (Å²) in [6.45, 7) is 0.753. The van der Waals surface area contributed by atoms with E-state index in [1.54, 1.807) is 24.1 Å². The predicted molar refractivity (Wildman–Crippen MR) is 78.3 cm³/mol. The molecule has 0 aromatic heterocycles. The third kappa shape index (κ3) is 5.91. The smallest absolute Gasteiger partial charge is 0.234 e. The van der Waals surface area contributed by atoms with Crippen molar-refractivity contribution in [2.45, 2.75) is 25.3 Å². The summed E-state index contributed by atoms with van der Waals surface area (Å²) in [5, 5.41) is 5.52. The number of likely N-dealkylation sites (N-methyl/N-ethyl adjacent to an activating group) is 1. The van der Waals surface area contributed by atoms with Crippen LogP contribution >= 0.6 is 0 Å². The van der Waals surface area contributed by atoms with Crippen molar-refractivity contribution in [1.29, 1.82) is 0 Å². The van der Waals surface area contributed by atoms with Crippen LogP contribution in [-0.4, -0.2) is 42.9 Å². The van der Waals surface area contributed by atoms with E-state index in [1.165, 1.54) is 12.1 Å². The van der Waals surface area contributed by atoms with Crippen LogP contribution in [-0.2, 0) is 9.59 Å². The topological polar surface area (TPSA) is 61.4 Å². The second kappa shape index (κ2) is 7.17. The minimum atomic E-state index is -0.387. The summed E-state index contributed by atoms with van der Waals surface area (Å²) < 4.78 is 13.0. The van der Waals surface area contributed by atoms with Gasteiger partial charge in [-0.15, -0.1) is 0 Å². The number of nitrogens with one attached hydrogen (secondary N) is 2. The Labute approximate surface area is 123 Å². The molecule has 1 aromatic rings. The zero-order valence-electron chi connectivity index (χ0n) is 12.1. The Kier molecular flexibility index (Phi) is 5.27. The van der Waals surface area contributed by atoms with Gasteiger partial charge in [-0.25, -0.2) is 4.39 Å². The van der Waals surface area contributed by atoms with Gasteiger partial charge in [0.25, 0.3) is 0 Å². The van der Waals surface area contributed by atoms with Crippen LogP contribution in [0.1, 0.15) is 19.3 Å². The molecule has 1 aliphatic carbocycles. The zero-order chi connectivity index (χ0) is 15.2. The molecular weight excluding hydrogens is 273 g/mol. The van der Waals surface area contributed by atoms with Crippen molar-refractivity contribution in [2.24, 2.45) is 0 Å². The van der Waals surface area contributed by atoms with Crippen molar-refractivity contribution in [3.05, 3.63) is 30.1 Å². The van der Waals surface area contributed by atoms with Crippen molar-refractivity contribution in [3.63, 3.8) is 0 Å². The summed E-state index contributed by atoms with van der Waals surface area (Å²) in [5.74, 6) is -0.595. The van der Waals surface area contributed by atoms with Crippen LogP contribution in [0.4, 0.5) is 10.1 Å². The Morgan fingerprint density at radius 3 is 2.76 bits per heavy atom. The van der Waals surface area contributed by atoms with Gasteiger partial charge >= 0.3 is 0 Å². The zero-order valence-corrected chi connectivity index (χ0v) is 12.1. The number of nitrogens with zero attached hydrogens (tertiary/aromatic N) is 1. The van der Waals surface area contributed by atoms with E-state index in [9.17, 15) is 14.0 Å². The molecule has 0 heterocycles. The molecular formula is C15H20FN3O2. The number of amides is 2. The summed E-state index contributed by atoms with van der Waals surface area (Å²) in [6.07, 6.45) is 2.38. The first-order valence-electron chi connectivity index (χ1n) is 7.06. The molecule has 0 bridgehead atoms.